The van der Waals surface area contributed by atoms with Gasteiger partial charge in [0.1, 0.15) is 0 Å². The van der Waals surface area contributed by atoms with Crippen molar-refractivity contribution in [1.29, 1.82) is 0 Å². The van der Waals surface area contributed by atoms with Gasteiger partial charge >= 0.3 is 0 Å². The summed E-state index contributed by atoms with van der Waals surface area (Å²) in [4.78, 5) is 26.1. The van der Waals surface area contributed by atoms with Gasteiger partial charge in [-0.05, 0) is 57.5 Å². The minimum Gasteiger partial charge on any atom is -0.352 e. The summed E-state index contributed by atoms with van der Waals surface area (Å²) in [6, 6.07) is 0.149. The average molecular weight is 309 g/mol. The van der Waals surface area contributed by atoms with Crippen LogP contribution in [0.4, 0.5) is 0 Å². The predicted molar refractivity (Wildman–Crippen MR) is 87.5 cm³/mol. The maximum absolute atomic E-state index is 12.4. The van der Waals surface area contributed by atoms with Crippen molar-refractivity contribution in [2.24, 2.45) is 5.92 Å². The molecular weight excluding hydrogens is 278 g/mol. The van der Waals surface area contributed by atoms with E-state index < -0.39 is 0 Å². The predicted octanol–water partition coefficient (Wildman–Crippen LogP) is 1.67. The van der Waals surface area contributed by atoms with E-state index in [1.165, 1.54) is 12.8 Å². The lowest BCUT2D eigenvalue weighted by Gasteiger charge is -2.33. The Morgan fingerprint density at radius 1 is 1.18 bits per heavy atom. The van der Waals surface area contributed by atoms with Gasteiger partial charge in [-0.15, -0.1) is 0 Å². The number of nitrogens with one attached hydrogen (secondary N) is 2. The number of piperidine rings is 2. The van der Waals surface area contributed by atoms with E-state index in [0.717, 1.165) is 45.3 Å². The summed E-state index contributed by atoms with van der Waals surface area (Å²) < 4.78 is 0. The van der Waals surface area contributed by atoms with Gasteiger partial charge in [0.2, 0.25) is 11.8 Å². The Morgan fingerprint density at radius 2 is 1.95 bits per heavy atom. The summed E-state index contributed by atoms with van der Waals surface area (Å²) in [5.74, 6) is 1.10. The molecule has 1 atom stereocenters. The van der Waals surface area contributed by atoms with Crippen molar-refractivity contribution in [3.05, 3.63) is 0 Å². The highest BCUT2D eigenvalue weighted by molar-refractivity contribution is 5.77. The number of carbonyl (C=O) groups is 2. The van der Waals surface area contributed by atoms with Gasteiger partial charge in [0.25, 0.3) is 0 Å². The zero-order valence-corrected chi connectivity index (χ0v) is 13.9. The number of rotatable bonds is 6. The fourth-order valence-corrected chi connectivity index (χ4v) is 3.50. The summed E-state index contributed by atoms with van der Waals surface area (Å²) >= 11 is 0. The molecule has 5 nitrogen and oxygen atoms in total. The van der Waals surface area contributed by atoms with Crippen LogP contribution in [0.1, 0.15) is 58.3 Å². The molecule has 126 valence electrons. The molecule has 0 aromatic carbocycles. The minimum atomic E-state index is 0.122. The van der Waals surface area contributed by atoms with Gasteiger partial charge in [-0.2, -0.15) is 0 Å². The zero-order valence-electron chi connectivity index (χ0n) is 13.9. The lowest BCUT2D eigenvalue weighted by atomic mass is 9.93. The van der Waals surface area contributed by atoms with E-state index in [-0.39, 0.29) is 17.9 Å². The van der Waals surface area contributed by atoms with Crippen LogP contribution in [-0.4, -0.2) is 48.9 Å². The van der Waals surface area contributed by atoms with E-state index in [2.05, 4.69) is 10.6 Å². The van der Waals surface area contributed by atoms with E-state index in [4.69, 9.17) is 0 Å². The molecule has 0 aromatic rings. The van der Waals surface area contributed by atoms with Gasteiger partial charge in [0, 0.05) is 32.0 Å². The highest BCUT2D eigenvalue weighted by Crippen LogP contribution is 2.19. The molecule has 2 fully saturated rings. The Bertz CT molecular complexity index is 367. The molecule has 22 heavy (non-hydrogen) atoms. The van der Waals surface area contributed by atoms with Crippen LogP contribution in [0.5, 0.6) is 0 Å². The van der Waals surface area contributed by atoms with E-state index in [0.29, 0.717) is 25.3 Å². The van der Waals surface area contributed by atoms with Crippen molar-refractivity contribution in [2.75, 3.05) is 26.2 Å². The first-order valence-electron chi connectivity index (χ1n) is 8.97. The van der Waals surface area contributed by atoms with Crippen LogP contribution >= 0.6 is 0 Å². The van der Waals surface area contributed by atoms with Crippen LogP contribution in [-0.2, 0) is 9.59 Å². The van der Waals surface area contributed by atoms with Crippen molar-refractivity contribution >= 4 is 11.8 Å². The molecule has 2 rings (SSSR count). The fourth-order valence-electron chi connectivity index (χ4n) is 3.50. The molecule has 2 aliphatic heterocycles. The van der Waals surface area contributed by atoms with Crippen LogP contribution in [0.3, 0.4) is 0 Å². The summed E-state index contributed by atoms with van der Waals surface area (Å²) in [6.45, 7) is 5.74. The lowest BCUT2D eigenvalue weighted by molar-refractivity contribution is -0.134. The molecule has 0 aliphatic carbocycles. The Kier molecular flexibility index (Phi) is 7.16. The number of likely N-dealkylation sites (tertiary alicyclic amines) is 1. The van der Waals surface area contributed by atoms with E-state index in [1.54, 1.807) is 0 Å². The Hall–Kier alpha value is -1.10. The molecule has 1 unspecified atom stereocenters. The van der Waals surface area contributed by atoms with E-state index in [1.807, 2.05) is 11.8 Å². The SMILES string of the molecule is CCCC(=O)NC1CCCN(C(=O)CCC2CCNCC2)C1. The average Bonchev–Trinajstić information content (AvgIpc) is 2.54. The summed E-state index contributed by atoms with van der Waals surface area (Å²) in [6.07, 6.45) is 7.53. The standard InChI is InChI=1S/C17H31N3O2/c1-2-4-16(21)19-15-5-3-12-20(13-15)17(22)7-6-14-8-10-18-11-9-14/h14-15,18H,2-13H2,1H3,(H,19,21). The molecule has 5 heteroatoms. The quantitative estimate of drug-likeness (QED) is 0.784. The van der Waals surface area contributed by atoms with Gasteiger partial charge in [-0.1, -0.05) is 6.92 Å². The topological polar surface area (TPSA) is 61.4 Å². The van der Waals surface area contributed by atoms with Crippen LogP contribution in [0.15, 0.2) is 0 Å². The molecule has 2 aliphatic rings. The molecule has 0 spiro atoms. The van der Waals surface area contributed by atoms with Crippen molar-refractivity contribution in [2.45, 2.75) is 64.3 Å². The molecule has 0 bridgehead atoms. The maximum Gasteiger partial charge on any atom is 0.222 e. The Morgan fingerprint density at radius 3 is 2.68 bits per heavy atom. The van der Waals surface area contributed by atoms with Crippen molar-refractivity contribution in [1.82, 2.24) is 15.5 Å². The molecule has 0 aromatic heterocycles. The van der Waals surface area contributed by atoms with E-state index in [9.17, 15) is 9.59 Å². The van der Waals surface area contributed by atoms with Gasteiger partial charge in [-0.25, -0.2) is 0 Å². The highest BCUT2D eigenvalue weighted by Gasteiger charge is 2.25. The van der Waals surface area contributed by atoms with Crippen LogP contribution < -0.4 is 10.6 Å². The summed E-state index contributed by atoms with van der Waals surface area (Å²) in [5.41, 5.74) is 0. The second-order valence-electron chi connectivity index (χ2n) is 6.73. The number of hydrogen-bond donors (Lipinski definition) is 2. The molecular formula is C17H31N3O2. The third kappa shape index (κ3) is 5.59. The fraction of sp³-hybridized carbons (Fsp3) is 0.882. The number of hydrogen-bond acceptors (Lipinski definition) is 3. The van der Waals surface area contributed by atoms with Crippen molar-refractivity contribution in [3.8, 4) is 0 Å². The molecule has 2 amide bonds. The Balaban J connectivity index is 1.71. The monoisotopic (exact) mass is 309 g/mol. The number of amides is 2. The highest BCUT2D eigenvalue weighted by atomic mass is 16.2. The lowest BCUT2D eigenvalue weighted by Crippen LogP contribution is -2.49. The molecule has 2 saturated heterocycles. The molecule has 2 N–H and O–H groups in total. The van der Waals surface area contributed by atoms with Gasteiger partial charge in [0.15, 0.2) is 0 Å². The first kappa shape index (κ1) is 17.3. The number of carbonyl (C=O) groups excluding carboxylic acids is 2. The van der Waals surface area contributed by atoms with Crippen molar-refractivity contribution in [3.63, 3.8) is 0 Å². The van der Waals surface area contributed by atoms with Crippen LogP contribution in [0.25, 0.3) is 0 Å². The first-order valence-corrected chi connectivity index (χ1v) is 8.97. The van der Waals surface area contributed by atoms with Gasteiger partial charge in [0.05, 0.1) is 0 Å². The minimum absolute atomic E-state index is 0.122. The smallest absolute Gasteiger partial charge is 0.222 e. The van der Waals surface area contributed by atoms with Gasteiger partial charge in [-0.3, -0.25) is 9.59 Å². The Labute approximate surface area is 134 Å². The van der Waals surface area contributed by atoms with E-state index >= 15 is 0 Å². The van der Waals surface area contributed by atoms with Gasteiger partial charge < -0.3 is 15.5 Å². The summed E-state index contributed by atoms with van der Waals surface area (Å²) in [5, 5.41) is 6.43. The zero-order chi connectivity index (χ0) is 15.8. The number of nitrogens with zero attached hydrogens (tertiary/aromatic N) is 1. The molecule has 2 heterocycles. The normalized spacial score (nSPS) is 23.3. The van der Waals surface area contributed by atoms with Crippen LogP contribution in [0, 0.1) is 5.92 Å². The third-order valence-corrected chi connectivity index (χ3v) is 4.84. The van der Waals surface area contributed by atoms with Crippen molar-refractivity contribution < 1.29 is 9.59 Å². The second-order valence-corrected chi connectivity index (χ2v) is 6.73. The molecule has 0 radical (unpaired) electrons. The molecule has 0 saturated carbocycles. The largest absolute Gasteiger partial charge is 0.352 e. The second kappa shape index (κ2) is 9.13. The summed E-state index contributed by atoms with van der Waals surface area (Å²) in [7, 11) is 0. The van der Waals surface area contributed by atoms with Crippen LogP contribution in [0.2, 0.25) is 0 Å². The first-order chi connectivity index (χ1) is 10.7. The maximum atomic E-state index is 12.4. The third-order valence-electron chi connectivity index (χ3n) is 4.84.